The van der Waals surface area contributed by atoms with Gasteiger partial charge in [0.1, 0.15) is 6.07 Å². The van der Waals surface area contributed by atoms with Crippen LogP contribution in [0.15, 0.2) is 18.2 Å². The molecule has 0 fully saturated rings. The predicted molar refractivity (Wildman–Crippen MR) is 54.7 cm³/mol. The van der Waals surface area contributed by atoms with Gasteiger partial charge in [-0.25, -0.2) is 0 Å². The molecule has 0 radical (unpaired) electrons. The van der Waals surface area contributed by atoms with E-state index in [9.17, 15) is 0 Å². The molecular formula is C11H12ClN. The van der Waals surface area contributed by atoms with Crippen molar-refractivity contribution in [2.45, 2.75) is 20.3 Å². The SMILES string of the molecule is CC(C)Cc1ccc(C#N)c(Cl)c1. The Morgan fingerprint density at radius 1 is 1.46 bits per heavy atom. The van der Waals surface area contributed by atoms with Crippen LogP contribution in [-0.2, 0) is 6.42 Å². The fraction of sp³-hybridized carbons (Fsp3) is 0.364. The molecule has 0 spiro atoms. The molecule has 0 aliphatic carbocycles. The molecule has 2 heteroatoms. The smallest absolute Gasteiger partial charge is 0.101 e. The molecule has 0 bridgehead atoms. The van der Waals surface area contributed by atoms with Gasteiger partial charge in [-0.05, 0) is 30.0 Å². The number of benzene rings is 1. The average Bonchev–Trinajstić information content (AvgIpc) is 2.03. The molecular weight excluding hydrogens is 182 g/mol. The van der Waals surface area contributed by atoms with Gasteiger partial charge in [0.2, 0.25) is 0 Å². The Bertz CT molecular complexity index is 336. The van der Waals surface area contributed by atoms with Crippen molar-refractivity contribution in [1.82, 2.24) is 0 Å². The third kappa shape index (κ3) is 2.75. The van der Waals surface area contributed by atoms with Gasteiger partial charge in [-0.2, -0.15) is 5.26 Å². The summed E-state index contributed by atoms with van der Waals surface area (Å²) in [5.41, 5.74) is 1.74. The summed E-state index contributed by atoms with van der Waals surface area (Å²) in [6.45, 7) is 4.32. The van der Waals surface area contributed by atoms with E-state index in [2.05, 4.69) is 13.8 Å². The van der Waals surface area contributed by atoms with Crippen molar-refractivity contribution in [3.8, 4) is 6.07 Å². The maximum Gasteiger partial charge on any atom is 0.101 e. The number of hydrogen-bond donors (Lipinski definition) is 0. The molecule has 1 aromatic carbocycles. The second kappa shape index (κ2) is 4.30. The first-order valence-electron chi connectivity index (χ1n) is 4.32. The number of nitriles is 1. The Hall–Kier alpha value is -1.00. The van der Waals surface area contributed by atoms with E-state index in [0.717, 1.165) is 6.42 Å². The van der Waals surface area contributed by atoms with Crippen molar-refractivity contribution in [2.24, 2.45) is 5.92 Å². The van der Waals surface area contributed by atoms with E-state index < -0.39 is 0 Å². The van der Waals surface area contributed by atoms with E-state index in [1.165, 1.54) is 5.56 Å². The van der Waals surface area contributed by atoms with Gasteiger partial charge in [0.05, 0.1) is 10.6 Å². The number of nitrogens with zero attached hydrogens (tertiary/aromatic N) is 1. The van der Waals surface area contributed by atoms with E-state index >= 15 is 0 Å². The van der Waals surface area contributed by atoms with Gasteiger partial charge in [-0.1, -0.05) is 31.5 Å². The summed E-state index contributed by atoms with van der Waals surface area (Å²) in [5.74, 6) is 0.615. The van der Waals surface area contributed by atoms with E-state index in [0.29, 0.717) is 16.5 Å². The average molecular weight is 194 g/mol. The molecule has 0 atom stereocenters. The molecule has 68 valence electrons. The number of halogens is 1. The second-order valence-electron chi connectivity index (χ2n) is 3.52. The summed E-state index contributed by atoms with van der Waals surface area (Å²) < 4.78 is 0. The maximum absolute atomic E-state index is 8.66. The zero-order valence-electron chi connectivity index (χ0n) is 7.84. The predicted octanol–water partition coefficient (Wildman–Crippen LogP) is 3.41. The molecule has 1 aromatic rings. The van der Waals surface area contributed by atoms with Crippen LogP contribution in [0.1, 0.15) is 25.0 Å². The lowest BCUT2D eigenvalue weighted by atomic mass is 10.0. The van der Waals surface area contributed by atoms with Crippen LogP contribution in [0.25, 0.3) is 0 Å². The van der Waals surface area contributed by atoms with E-state index in [4.69, 9.17) is 16.9 Å². The van der Waals surface area contributed by atoms with Gasteiger partial charge in [0, 0.05) is 0 Å². The van der Waals surface area contributed by atoms with Crippen molar-refractivity contribution in [2.75, 3.05) is 0 Å². The molecule has 0 saturated heterocycles. The van der Waals surface area contributed by atoms with Gasteiger partial charge in [0.15, 0.2) is 0 Å². The highest BCUT2D eigenvalue weighted by Gasteiger charge is 2.02. The normalized spacial score (nSPS) is 10.1. The lowest BCUT2D eigenvalue weighted by Gasteiger charge is -2.05. The highest BCUT2D eigenvalue weighted by atomic mass is 35.5. The summed E-state index contributed by atoms with van der Waals surface area (Å²) in [6, 6.07) is 7.66. The highest BCUT2D eigenvalue weighted by molar-refractivity contribution is 6.31. The fourth-order valence-corrected chi connectivity index (χ4v) is 1.49. The summed E-state index contributed by atoms with van der Waals surface area (Å²) in [4.78, 5) is 0. The fourth-order valence-electron chi connectivity index (χ4n) is 1.25. The molecule has 0 aliphatic rings. The van der Waals surface area contributed by atoms with Crippen LogP contribution in [0.3, 0.4) is 0 Å². The lowest BCUT2D eigenvalue weighted by Crippen LogP contribution is -1.94. The van der Waals surface area contributed by atoms with Crippen LogP contribution >= 0.6 is 11.6 Å². The first-order chi connectivity index (χ1) is 6.13. The molecule has 1 rings (SSSR count). The van der Waals surface area contributed by atoms with Gasteiger partial charge in [-0.3, -0.25) is 0 Å². The quantitative estimate of drug-likeness (QED) is 0.706. The summed E-state index contributed by atoms with van der Waals surface area (Å²) in [6.07, 6.45) is 1.01. The van der Waals surface area contributed by atoms with Gasteiger partial charge in [-0.15, -0.1) is 0 Å². The summed E-state index contributed by atoms with van der Waals surface area (Å²) in [7, 11) is 0. The number of hydrogen-bond acceptors (Lipinski definition) is 1. The summed E-state index contributed by atoms with van der Waals surface area (Å²) in [5, 5.41) is 9.21. The van der Waals surface area contributed by atoms with Crippen LogP contribution in [0.2, 0.25) is 5.02 Å². The van der Waals surface area contributed by atoms with Crippen LogP contribution in [0.5, 0.6) is 0 Å². The van der Waals surface area contributed by atoms with E-state index in [1.54, 1.807) is 6.07 Å². The van der Waals surface area contributed by atoms with Gasteiger partial charge < -0.3 is 0 Å². The van der Waals surface area contributed by atoms with Crippen molar-refractivity contribution in [3.05, 3.63) is 34.3 Å². The van der Waals surface area contributed by atoms with Gasteiger partial charge >= 0.3 is 0 Å². The van der Waals surface area contributed by atoms with Crippen molar-refractivity contribution in [1.29, 1.82) is 5.26 Å². The molecule has 0 unspecified atom stereocenters. The third-order valence-corrected chi connectivity index (χ3v) is 2.11. The summed E-state index contributed by atoms with van der Waals surface area (Å²) >= 11 is 5.89. The highest BCUT2D eigenvalue weighted by Crippen LogP contribution is 2.18. The minimum Gasteiger partial charge on any atom is -0.192 e. The Balaban J connectivity index is 2.91. The maximum atomic E-state index is 8.66. The minimum absolute atomic E-state index is 0.550. The van der Waals surface area contributed by atoms with Crippen LogP contribution < -0.4 is 0 Å². The molecule has 13 heavy (non-hydrogen) atoms. The molecule has 0 aliphatic heterocycles. The molecule has 1 nitrogen and oxygen atoms in total. The Morgan fingerprint density at radius 2 is 2.15 bits per heavy atom. The Kier molecular flexibility index (Phi) is 3.33. The monoisotopic (exact) mass is 193 g/mol. The van der Waals surface area contributed by atoms with Crippen molar-refractivity contribution < 1.29 is 0 Å². The van der Waals surface area contributed by atoms with Gasteiger partial charge in [0.25, 0.3) is 0 Å². The molecule has 0 saturated carbocycles. The largest absolute Gasteiger partial charge is 0.192 e. The first-order valence-corrected chi connectivity index (χ1v) is 4.70. The standard InChI is InChI=1S/C11H12ClN/c1-8(2)5-9-3-4-10(7-13)11(12)6-9/h3-4,6,8H,5H2,1-2H3. The molecule has 0 heterocycles. The second-order valence-corrected chi connectivity index (χ2v) is 3.93. The van der Waals surface area contributed by atoms with E-state index in [-0.39, 0.29) is 0 Å². The lowest BCUT2D eigenvalue weighted by molar-refractivity contribution is 0.647. The first kappa shape index (κ1) is 10.1. The molecule has 0 amide bonds. The number of rotatable bonds is 2. The topological polar surface area (TPSA) is 23.8 Å². The zero-order chi connectivity index (χ0) is 9.84. The van der Waals surface area contributed by atoms with E-state index in [1.807, 2.05) is 18.2 Å². The Morgan fingerprint density at radius 3 is 2.62 bits per heavy atom. The third-order valence-electron chi connectivity index (χ3n) is 1.80. The van der Waals surface area contributed by atoms with Crippen molar-refractivity contribution >= 4 is 11.6 Å². The van der Waals surface area contributed by atoms with Crippen LogP contribution in [0.4, 0.5) is 0 Å². The minimum atomic E-state index is 0.550. The molecule has 0 N–H and O–H groups in total. The Labute approximate surface area is 84.0 Å². The van der Waals surface area contributed by atoms with Crippen LogP contribution in [0, 0.1) is 17.2 Å². The van der Waals surface area contributed by atoms with Crippen LogP contribution in [-0.4, -0.2) is 0 Å². The molecule has 0 aromatic heterocycles. The zero-order valence-corrected chi connectivity index (χ0v) is 8.60. The van der Waals surface area contributed by atoms with Crippen molar-refractivity contribution in [3.63, 3.8) is 0 Å².